The van der Waals surface area contributed by atoms with Crippen molar-refractivity contribution in [2.45, 2.75) is 44.7 Å². The second-order valence-corrected chi connectivity index (χ2v) is 9.24. The molecule has 0 saturated carbocycles. The van der Waals surface area contributed by atoms with E-state index < -0.39 is 0 Å². The molecule has 1 aromatic carbocycles. The van der Waals surface area contributed by atoms with Gasteiger partial charge in [-0.25, -0.2) is 0 Å². The van der Waals surface area contributed by atoms with E-state index in [0.717, 1.165) is 52.0 Å². The zero-order valence-electron chi connectivity index (χ0n) is 16.3. The smallest absolute Gasteiger partial charge is 0.264 e. The number of amides is 1. The van der Waals surface area contributed by atoms with Crippen molar-refractivity contribution in [1.82, 2.24) is 14.7 Å². The Labute approximate surface area is 168 Å². The van der Waals surface area contributed by atoms with Crippen LogP contribution in [-0.4, -0.2) is 44.4 Å². The molecule has 1 amide bonds. The van der Waals surface area contributed by atoms with E-state index in [4.69, 9.17) is 0 Å². The summed E-state index contributed by atoms with van der Waals surface area (Å²) in [6, 6.07) is 12.6. The second kappa shape index (κ2) is 6.42. The maximum absolute atomic E-state index is 13.5. The molecule has 6 heteroatoms. The molecule has 4 heterocycles. The van der Waals surface area contributed by atoms with Crippen LogP contribution in [0.5, 0.6) is 0 Å². The van der Waals surface area contributed by atoms with Crippen molar-refractivity contribution in [3.8, 4) is 11.3 Å². The fourth-order valence-electron chi connectivity index (χ4n) is 5.34. The highest BCUT2D eigenvalue weighted by molar-refractivity contribution is 7.20. The van der Waals surface area contributed by atoms with Crippen molar-refractivity contribution in [2.75, 3.05) is 6.61 Å². The lowest BCUT2D eigenvalue weighted by atomic mass is 9.72. The average molecular weight is 396 g/mol. The third-order valence-corrected chi connectivity index (χ3v) is 8.06. The van der Waals surface area contributed by atoms with Gasteiger partial charge in [-0.15, -0.1) is 11.3 Å². The predicted octanol–water partition coefficient (Wildman–Crippen LogP) is 4.07. The number of aliphatic hydroxyl groups is 1. The zero-order chi connectivity index (χ0) is 19.5. The summed E-state index contributed by atoms with van der Waals surface area (Å²) in [6.07, 6.45) is 3.91. The number of hydrogen-bond donors (Lipinski definition) is 1. The number of benzene rings is 1. The van der Waals surface area contributed by atoms with Crippen LogP contribution >= 0.6 is 11.3 Å². The van der Waals surface area contributed by atoms with Gasteiger partial charge in [0.1, 0.15) is 10.5 Å². The van der Waals surface area contributed by atoms with Crippen molar-refractivity contribution >= 4 is 27.5 Å². The van der Waals surface area contributed by atoms with Crippen molar-refractivity contribution in [3.05, 3.63) is 41.3 Å². The molecule has 3 atom stereocenters. The highest BCUT2D eigenvalue weighted by atomic mass is 32.1. The van der Waals surface area contributed by atoms with E-state index in [1.54, 1.807) is 0 Å². The molecule has 146 valence electrons. The van der Waals surface area contributed by atoms with E-state index >= 15 is 0 Å². The maximum atomic E-state index is 13.5. The third kappa shape index (κ3) is 2.40. The molecule has 28 heavy (non-hydrogen) atoms. The first-order valence-corrected chi connectivity index (χ1v) is 10.8. The molecule has 2 aromatic heterocycles. The van der Waals surface area contributed by atoms with Crippen LogP contribution in [0, 0.1) is 5.41 Å². The Morgan fingerprint density at radius 3 is 2.79 bits per heavy atom. The number of nitrogens with zero attached hydrogens (tertiary/aromatic N) is 3. The molecule has 3 aromatic rings. The lowest BCUT2D eigenvalue weighted by Crippen LogP contribution is -2.42. The quantitative estimate of drug-likeness (QED) is 0.724. The molecule has 2 bridgehead atoms. The van der Waals surface area contributed by atoms with Crippen molar-refractivity contribution in [1.29, 1.82) is 0 Å². The molecular formula is C22H25N3O2S. The first kappa shape index (κ1) is 17.9. The number of aliphatic hydroxyl groups excluding tert-OH is 1. The Bertz CT molecular complexity index is 1030. The number of carbonyl (C=O) groups excluding carboxylic acids is 1. The Morgan fingerprint density at radius 1 is 1.32 bits per heavy atom. The number of carbonyl (C=O) groups is 1. The van der Waals surface area contributed by atoms with Crippen LogP contribution < -0.4 is 0 Å². The van der Waals surface area contributed by atoms with E-state index in [9.17, 15) is 9.90 Å². The molecule has 0 aliphatic carbocycles. The van der Waals surface area contributed by atoms with Crippen molar-refractivity contribution in [2.24, 2.45) is 12.5 Å². The highest BCUT2D eigenvalue weighted by Crippen LogP contribution is 2.52. The van der Waals surface area contributed by atoms with Gasteiger partial charge in [0.15, 0.2) is 0 Å². The van der Waals surface area contributed by atoms with Crippen LogP contribution in [-0.2, 0) is 7.05 Å². The van der Waals surface area contributed by atoms with Gasteiger partial charge in [0.05, 0.1) is 11.5 Å². The molecule has 2 fully saturated rings. The van der Waals surface area contributed by atoms with Crippen LogP contribution in [0.3, 0.4) is 0 Å². The van der Waals surface area contributed by atoms with Gasteiger partial charge in [0.25, 0.3) is 5.91 Å². The maximum Gasteiger partial charge on any atom is 0.264 e. The zero-order valence-corrected chi connectivity index (χ0v) is 17.1. The summed E-state index contributed by atoms with van der Waals surface area (Å²) in [4.78, 5) is 17.4. The van der Waals surface area contributed by atoms with Crippen molar-refractivity contribution in [3.63, 3.8) is 0 Å². The van der Waals surface area contributed by atoms with Crippen LogP contribution in [0.4, 0.5) is 0 Å². The molecule has 5 nitrogen and oxygen atoms in total. The Morgan fingerprint density at radius 2 is 2.11 bits per heavy atom. The molecular weight excluding hydrogens is 370 g/mol. The lowest BCUT2D eigenvalue weighted by molar-refractivity contribution is 0.0560. The Kier molecular flexibility index (Phi) is 4.10. The summed E-state index contributed by atoms with van der Waals surface area (Å²) in [5.74, 6) is 0.122. The summed E-state index contributed by atoms with van der Waals surface area (Å²) < 4.78 is 1.88. The van der Waals surface area contributed by atoms with Gasteiger partial charge < -0.3 is 10.0 Å². The van der Waals surface area contributed by atoms with E-state index in [1.807, 2.05) is 36.0 Å². The fraction of sp³-hybridized carbons (Fsp3) is 0.455. The molecule has 2 aliphatic heterocycles. The molecule has 2 saturated heterocycles. The average Bonchev–Trinajstić information content (AvgIpc) is 3.48. The minimum absolute atomic E-state index is 0.119. The number of aromatic nitrogens is 2. The van der Waals surface area contributed by atoms with Crippen LogP contribution in [0.15, 0.2) is 36.4 Å². The minimum atomic E-state index is -0.119. The summed E-state index contributed by atoms with van der Waals surface area (Å²) in [7, 11) is 1.94. The molecule has 0 unspecified atom stereocenters. The summed E-state index contributed by atoms with van der Waals surface area (Å²) in [5, 5.41) is 15.8. The van der Waals surface area contributed by atoms with Crippen LogP contribution in [0.1, 0.15) is 42.3 Å². The largest absolute Gasteiger partial charge is 0.396 e. The van der Waals surface area contributed by atoms with Crippen LogP contribution in [0.2, 0.25) is 0 Å². The second-order valence-electron chi connectivity index (χ2n) is 8.21. The standard InChI is InChI=1S/C22H25N3O2S/c1-3-22(13-26)12-15-9-10-18(22)25(15)20(27)17-11-16-19(14-7-5-4-6-8-14)23-24(2)21(16)28-17/h4-8,11,15,18,26H,3,9-10,12-13H2,1-2H3/t15-,18+,22-/m0/s1. The normalized spacial score (nSPS) is 26.5. The SMILES string of the molecule is CC[C@@]1(CO)C[C@@H]2CC[C@H]1N2C(=O)c1cc2c(-c3ccccc3)nn(C)c2s1. The van der Waals surface area contributed by atoms with E-state index in [1.165, 1.54) is 11.3 Å². The van der Waals surface area contributed by atoms with E-state index in [2.05, 4.69) is 29.1 Å². The molecule has 1 N–H and O–H groups in total. The first-order valence-electron chi connectivity index (χ1n) is 10.0. The summed E-state index contributed by atoms with van der Waals surface area (Å²) >= 11 is 1.53. The Hall–Kier alpha value is -2.18. The topological polar surface area (TPSA) is 58.4 Å². The molecule has 0 radical (unpaired) electrons. The van der Waals surface area contributed by atoms with E-state index in [-0.39, 0.29) is 30.0 Å². The van der Waals surface area contributed by atoms with Gasteiger partial charge in [-0.3, -0.25) is 9.48 Å². The van der Waals surface area contributed by atoms with E-state index in [0.29, 0.717) is 0 Å². The van der Waals surface area contributed by atoms with Gasteiger partial charge in [-0.1, -0.05) is 37.3 Å². The monoisotopic (exact) mass is 395 g/mol. The van der Waals surface area contributed by atoms with Gasteiger partial charge in [0, 0.05) is 35.5 Å². The number of hydrogen-bond acceptors (Lipinski definition) is 4. The first-order chi connectivity index (χ1) is 13.6. The molecule has 2 aliphatic rings. The van der Waals surface area contributed by atoms with Gasteiger partial charge in [-0.05, 0) is 31.7 Å². The third-order valence-electron chi connectivity index (χ3n) is 6.87. The highest BCUT2D eigenvalue weighted by Gasteiger charge is 2.56. The summed E-state index contributed by atoms with van der Waals surface area (Å²) in [6.45, 7) is 2.31. The molecule has 0 spiro atoms. The van der Waals surface area contributed by atoms with Gasteiger partial charge in [0.2, 0.25) is 0 Å². The van der Waals surface area contributed by atoms with Gasteiger partial charge >= 0.3 is 0 Å². The number of aryl methyl sites for hydroxylation is 1. The van der Waals surface area contributed by atoms with Crippen LogP contribution in [0.25, 0.3) is 21.5 Å². The number of thiophene rings is 1. The summed E-state index contributed by atoms with van der Waals surface area (Å²) in [5.41, 5.74) is 1.87. The fourth-order valence-corrected chi connectivity index (χ4v) is 6.36. The number of rotatable bonds is 4. The lowest BCUT2D eigenvalue weighted by Gasteiger charge is -2.34. The molecule has 5 rings (SSSR count). The van der Waals surface area contributed by atoms with Crippen molar-refractivity contribution < 1.29 is 9.90 Å². The minimum Gasteiger partial charge on any atom is -0.396 e. The Balaban J connectivity index is 1.53. The van der Waals surface area contributed by atoms with Gasteiger partial charge in [-0.2, -0.15) is 5.10 Å². The number of fused-ring (bicyclic) bond motifs is 3. The predicted molar refractivity (Wildman–Crippen MR) is 111 cm³/mol.